The van der Waals surface area contributed by atoms with E-state index in [0.717, 1.165) is 30.0 Å². The molecular weight excluding hydrogens is 274 g/mol. The monoisotopic (exact) mass is 295 g/mol. The van der Waals surface area contributed by atoms with Gasteiger partial charge in [0.25, 0.3) is 0 Å². The van der Waals surface area contributed by atoms with E-state index in [0.29, 0.717) is 0 Å². The Labute approximate surface area is 130 Å². The second-order valence-electron chi connectivity index (χ2n) is 5.62. The second-order valence-corrected chi connectivity index (χ2v) is 5.62. The molecule has 1 aliphatic heterocycles. The van der Waals surface area contributed by atoms with Crippen molar-refractivity contribution in [2.24, 2.45) is 5.73 Å². The number of anilines is 2. The van der Waals surface area contributed by atoms with E-state index < -0.39 is 6.04 Å². The van der Waals surface area contributed by atoms with Crippen LogP contribution in [-0.4, -0.2) is 19.0 Å². The van der Waals surface area contributed by atoms with E-state index in [-0.39, 0.29) is 5.91 Å². The lowest BCUT2D eigenvalue weighted by molar-refractivity contribution is -0.117. The minimum atomic E-state index is -0.656. The number of nitrogens with one attached hydrogen (secondary N) is 1. The van der Waals surface area contributed by atoms with Crippen molar-refractivity contribution in [2.75, 3.05) is 23.3 Å². The van der Waals surface area contributed by atoms with Gasteiger partial charge in [-0.1, -0.05) is 36.4 Å². The molecule has 0 aromatic heterocycles. The van der Waals surface area contributed by atoms with Gasteiger partial charge >= 0.3 is 0 Å². The minimum absolute atomic E-state index is 0.190. The molecule has 4 heteroatoms. The van der Waals surface area contributed by atoms with Gasteiger partial charge in [0.1, 0.15) is 6.04 Å². The third kappa shape index (κ3) is 3.28. The highest BCUT2D eigenvalue weighted by atomic mass is 16.2. The molecule has 0 saturated carbocycles. The molecule has 4 nitrogen and oxygen atoms in total. The smallest absolute Gasteiger partial charge is 0.245 e. The number of rotatable bonds is 4. The maximum absolute atomic E-state index is 12.3. The topological polar surface area (TPSA) is 58.4 Å². The highest BCUT2D eigenvalue weighted by Gasteiger charge is 2.17. The summed E-state index contributed by atoms with van der Waals surface area (Å²) in [5.41, 5.74) is 8.79. The van der Waals surface area contributed by atoms with Crippen molar-refractivity contribution >= 4 is 17.3 Å². The van der Waals surface area contributed by atoms with Gasteiger partial charge < -0.3 is 16.0 Å². The van der Waals surface area contributed by atoms with E-state index >= 15 is 0 Å². The van der Waals surface area contributed by atoms with Gasteiger partial charge in [-0.05, 0) is 36.6 Å². The van der Waals surface area contributed by atoms with E-state index in [9.17, 15) is 4.79 Å². The quantitative estimate of drug-likeness (QED) is 0.912. The van der Waals surface area contributed by atoms with E-state index in [2.05, 4.69) is 16.3 Å². The summed E-state index contributed by atoms with van der Waals surface area (Å²) < 4.78 is 0. The third-order valence-corrected chi connectivity index (χ3v) is 4.03. The predicted molar refractivity (Wildman–Crippen MR) is 89.9 cm³/mol. The van der Waals surface area contributed by atoms with Crippen LogP contribution in [0.3, 0.4) is 0 Å². The summed E-state index contributed by atoms with van der Waals surface area (Å²) in [6.45, 7) is 2.17. The average Bonchev–Trinajstić information content (AvgIpc) is 3.10. The molecule has 22 heavy (non-hydrogen) atoms. The first-order valence-corrected chi connectivity index (χ1v) is 7.70. The first-order valence-electron chi connectivity index (χ1n) is 7.70. The lowest BCUT2D eigenvalue weighted by Gasteiger charge is -2.19. The van der Waals surface area contributed by atoms with Crippen LogP contribution >= 0.6 is 0 Å². The standard InChI is InChI=1S/C18H21N3O/c19-17(14-7-2-1-3-8-14)18(22)20-15-9-6-10-16(13-15)21-11-4-5-12-21/h1-3,6-10,13,17H,4-5,11-12,19H2,(H,20,22). The summed E-state index contributed by atoms with van der Waals surface area (Å²) in [6.07, 6.45) is 2.46. The fourth-order valence-electron chi connectivity index (χ4n) is 2.79. The van der Waals surface area contributed by atoms with E-state index in [1.165, 1.54) is 12.8 Å². The summed E-state index contributed by atoms with van der Waals surface area (Å²) in [5, 5.41) is 2.91. The molecule has 1 unspecified atom stereocenters. The third-order valence-electron chi connectivity index (χ3n) is 4.03. The Kier molecular flexibility index (Phi) is 4.39. The van der Waals surface area contributed by atoms with Crippen molar-refractivity contribution in [3.05, 3.63) is 60.2 Å². The number of nitrogens with zero attached hydrogens (tertiary/aromatic N) is 1. The normalized spacial score (nSPS) is 15.6. The maximum atomic E-state index is 12.3. The van der Waals surface area contributed by atoms with Crippen LogP contribution in [-0.2, 0) is 4.79 Å². The SMILES string of the molecule is NC(C(=O)Nc1cccc(N2CCCC2)c1)c1ccccc1. The number of carbonyl (C=O) groups excluding carboxylic acids is 1. The second kappa shape index (κ2) is 6.62. The first kappa shape index (κ1) is 14.6. The summed E-state index contributed by atoms with van der Waals surface area (Å²) in [5.74, 6) is -0.190. The number of benzene rings is 2. The fraction of sp³-hybridized carbons (Fsp3) is 0.278. The zero-order chi connectivity index (χ0) is 15.4. The van der Waals surface area contributed by atoms with E-state index in [1.54, 1.807) is 0 Å². The van der Waals surface area contributed by atoms with Crippen LogP contribution in [0.25, 0.3) is 0 Å². The Bertz CT molecular complexity index is 636. The number of carbonyl (C=O) groups is 1. The van der Waals surface area contributed by atoms with Crippen molar-refractivity contribution in [1.82, 2.24) is 0 Å². The minimum Gasteiger partial charge on any atom is -0.371 e. The molecule has 3 N–H and O–H groups in total. The Morgan fingerprint density at radius 2 is 1.77 bits per heavy atom. The number of hydrogen-bond acceptors (Lipinski definition) is 3. The van der Waals surface area contributed by atoms with E-state index in [4.69, 9.17) is 5.73 Å². The zero-order valence-electron chi connectivity index (χ0n) is 12.5. The molecule has 0 spiro atoms. The first-order chi connectivity index (χ1) is 10.7. The largest absolute Gasteiger partial charge is 0.371 e. The predicted octanol–water partition coefficient (Wildman–Crippen LogP) is 2.93. The highest BCUT2D eigenvalue weighted by Crippen LogP contribution is 2.24. The van der Waals surface area contributed by atoms with Crippen LogP contribution in [0, 0.1) is 0 Å². The van der Waals surface area contributed by atoms with Crippen molar-refractivity contribution < 1.29 is 4.79 Å². The molecule has 1 saturated heterocycles. The Morgan fingerprint density at radius 1 is 1.05 bits per heavy atom. The Balaban J connectivity index is 1.70. The highest BCUT2D eigenvalue weighted by molar-refractivity contribution is 5.95. The molecule has 0 radical (unpaired) electrons. The van der Waals surface area contributed by atoms with Crippen LogP contribution in [0.5, 0.6) is 0 Å². The molecule has 1 atom stereocenters. The molecule has 1 fully saturated rings. The Morgan fingerprint density at radius 3 is 2.50 bits per heavy atom. The van der Waals surface area contributed by atoms with Crippen LogP contribution in [0.2, 0.25) is 0 Å². The average molecular weight is 295 g/mol. The van der Waals surface area contributed by atoms with Crippen molar-refractivity contribution in [3.63, 3.8) is 0 Å². The lowest BCUT2D eigenvalue weighted by Crippen LogP contribution is -2.27. The van der Waals surface area contributed by atoms with Crippen molar-refractivity contribution in [3.8, 4) is 0 Å². The molecule has 3 rings (SSSR count). The molecular formula is C18H21N3O. The summed E-state index contributed by atoms with van der Waals surface area (Å²) in [6, 6.07) is 16.7. The summed E-state index contributed by atoms with van der Waals surface area (Å²) in [4.78, 5) is 14.6. The van der Waals surface area contributed by atoms with Crippen molar-refractivity contribution in [1.29, 1.82) is 0 Å². The molecule has 1 amide bonds. The molecule has 2 aromatic carbocycles. The Hall–Kier alpha value is -2.33. The number of nitrogens with two attached hydrogens (primary N) is 1. The van der Waals surface area contributed by atoms with Gasteiger partial charge in [-0.25, -0.2) is 0 Å². The summed E-state index contributed by atoms with van der Waals surface area (Å²) >= 11 is 0. The van der Waals surface area contributed by atoms with Gasteiger partial charge in [0.15, 0.2) is 0 Å². The van der Waals surface area contributed by atoms with Crippen LogP contribution in [0.1, 0.15) is 24.4 Å². The molecule has 1 heterocycles. The van der Waals surface area contributed by atoms with E-state index in [1.807, 2.05) is 48.5 Å². The van der Waals surface area contributed by atoms with Gasteiger partial charge in [-0.15, -0.1) is 0 Å². The fourth-order valence-corrected chi connectivity index (χ4v) is 2.79. The van der Waals surface area contributed by atoms with Gasteiger partial charge in [0.05, 0.1) is 0 Å². The molecule has 114 valence electrons. The van der Waals surface area contributed by atoms with Gasteiger partial charge in [-0.3, -0.25) is 4.79 Å². The van der Waals surface area contributed by atoms with Gasteiger partial charge in [0, 0.05) is 24.5 Å². The number of amides is 1. The lowest BCUT2D eigenvalue weighted by atomic mass is 10.1. The zero-order valence-corrected chi connectivity index (χ0v) is 12.5. The molecule has 0 aliphatic carbocycles. The molecule has 1 aliphatic rings. The van der Waals surface area contributed by atoms with Gasteiger partial charge in [-0.2, -0.15) is 0 Å². The summed E-state index contributed by atoms with van der Waals surface area (Å²) in [7, 11) is 0. The molecule has 0 bridgehead atoms. The molecule has 2 aromatic rings. The maximum Gasteiger partial charge on any atom is 0.245 e. The van der Waals surface area contributed by atoms with Crippen LogP contribution in [0.4, 0.5) is 11.4 Å². The van der Waals surface area contributed by atoms with Crippen LogP contribution < -0.4 is 16.0 Å². The van der Waals surface area contributed by atoms with Crippen LogP contribution in [0.15, 0.2) is 54.6 Å². The van der Waals surface area contributed by atoms with Gasteiger partial charge in [0.2, 0.25) is 5.91 Å². The van der Waals surface area contributed by atoms with Crippen molar-refractivity contribution in [2.45, 2.75) is 18.9 Å². The number of hydrogen-bond donors (Lipinski definition) is 2.